The molecule has 1 fully saturated rings. The van der Waals surface area contributed by atoms with Crippen molar-refractivity contribution in [3.05, 3.63) is 0 Å². The van der Waals surface area contributed by atoms with Crippen LogP contribution in [0, 0.1) is 0 Å². The predicted octanol–water partition coefficient (Wildman–Crippen LogP) is 4.30. The van der Waals surface area contributed by atoms with E-state index in [0.717, 1.165) is 13.0 Å². The van der Waals surface area contributed by atoms with Gasteiger partial charge in [-0.3, -0.25) is 0 Å². The van der Waals surface area contributed by atoms with Crippen molar-refractivity contribution in [2.45, 2.75) is 70.7 Å². The number of rotatable bonds is 8. The summed E-state index contributed by atoms with van der Waals surface area (Å²) >= 11 is 2.44. The average molecular weight is 340 g/mol. The number of hydrogen-bond acceptors (Lipinski definition) is 2. The molecule has 0 aromatic heterocycles. The van der Waals surface area contributed by atoms with E-state index in [1.165, 1.54) is 49.4 Å². The maximum absolute atomic E-state index is 6.05. The van der Waals surface area contributed by atoms with Gasteiger partial charge in [0.1, 0.15) is 0 Å². The van der Waals surface area contributed by atoms with Crippen LogP contribution in [0.5, 0.6) is 0 Å². The number of unbranched alkanes of at least 4 members (excludes halogenated alkanes) is 2. The second kappa shape index (κ2) is 9.66. The Hall–Kier alpha value is 0.650. The summed E-state index contributed by atoms with van der Waals surface area (Å²) < 4.78 is 12.9. The molecular weight excluding hydrogens is 315 g/mol. The maximum atomic E-state index is 6.05. The lowest BCUT2D eigenvalue weighted by Gasteiger charge is -2.27. The highest BCUT2D eigenvalue weighted by atomic mass is 127. The van der Waals surface area contributed by atoms with Gasteiger partial charge in [0.25, 0.3) is 0 Å². The van der Waals surface area contributed by atoms with Crippen LogP contribution in [0.2, 0.25) is 0 Å². The van der Waals surface area contributed by atoms with Crippen LogP contribution in [-0.2, 0) is 9.47 Å². The maximum Gasteiger partial charge on any atom is 0.157 e. The van der Waals surface area contributed by atoms with Gasteiger partial charge in [0.05, 0.1) is 6.10 Å². The first kappa shape index (κ1) is 14.7. The Balaban J connectivity index is 2.19. The van der Waals surface area contributed by atoms with Gasteiger partial charge in [-0.2, -0.15) is 0 Å². The van der Waals surface area contributed by atoms with Crippen molar-refractivity contribution in [3.8, 4) is 0 Å². The highest BCUT2D eigenvalue weighted by Gasteiger charge is 2.19. The van der Waals surface area contributed by atoms with E-state index in [2.05, 4.69) is 29.5 Å². The van der Waals surface area contributed by atoms with E-state index in [1.54, 1.807) is 0 Å². The smallest absolute Gasteiger partial charge is 0.157 e. The molecule has 16 heavy (non-hydrogen) atoms. The third-order valence-corrected chi connectivity index (χ3v) is 3.67. The number of ether oxygens (including phenoxy) is 2. The summed E-state index contributed by atoms with van der Waals surface area (Å²) in [5, 5.41) is 0. The van der Waals surface area contributed by atoms with Gasteiger partial charge in [0.15, 0.2) is 6.29 Å². The van der Waals surface area contributed by atoms with E-state index in [-0.39, 0.29) is 6.29 Å². The van der Waals surface area contributed by atoms with Gasteiger partial charge in [-0.1, -0.05) is 48.8 Å². The summed E-state index contributed by atoms with van der Waals surface area (Å²) in [6.07, 6.45) is 10.3. The van der Waals surface area contributed by atoms with E-state index in [1.807, 2.05) is 0 Å². The summed E-state index contributed by atoms with van der Waals surface area (Å²) in [6.45, 7) is 3.13. The van der Waals surface area contributed by atoms with Crippen molar-refractivity contribution >= 4 is 22.6 Å². The Kier molecular flexibility index (Phi) is 8.88. The molecule has 0 aromatic carbocycles. The SMILES string of the molecule is CCCCCC(CCI)OC1CCCCO1. The van der Waals surface area contributed by atoms with E-state index in [9.17, 15) is 0 Å². The fraction of sp³-hybridized carbons (Fsp3) is 1.00. The third-order valence-electron chi connectivity index (χ3n) is 3.04. The summed E-state index contributed by atoms with van der Waals surface area (Å²) in [5.41, 5.74) is 0. The molecule has 3 heteroatoms. The highest BCUT2D eigenvalue weighted by molar-refractivity contribution is 14.1. The first-order valence-electron chi connectivity index (χ1n) is 6.69. The van der Waals surface area contributed by atoms with Gasteiger partial charge in [0.2, 0.25) is 0 Å². The Labute approximate surface area is 114 Å². The van der Waals surface area contributed by atoms with Gasteiger partial charge in [-0.15, -0.1) is 0 Å². The first-order chi connectivity index (χ1) is 7.86. The summed E-state index contributed by atoms with van der Waals surface area (Å²) in [6, 6.07) is 0. The zero-order valence-electron chi connectivity index (χ0n) is 10.4. The summed E-state index contributed by atoms with van der Waals surface area (Å²) in [5.74, 6) is 0. The largest absolute Gasteiger partial charge is 0.353 e. The van der Waals surface area contributed by atoms with Gasteiger partial charge >= 0.3 is 0 Å². The van der Waals surface area contributed by atoms with E-state index < -0.39 is 0 Å². The molecule has 1 aliphatic heterocycles. The summed E-state index contributed by atoms with van der Waals surface area (Å²) in [7, 11) is 0. The molecule has 1 rings (SSSR count). The zero-order valence-corrected chi connectivity index (χ0v) is 12.6. The molecule has 2 unspecified atom stereocenters. The van der Waals surface area contributed by atoms with Crippen LogP contribution in [0.4, 0.5) is 0 Å². The van der Waals surface area contributed by atoms with Crippen LogP contribution in [0.1, 0.15) is 58.3 Å². The second-order valence-electron chi connectivity index (χ2n) is 4.53. The lowest BCUT2D eigenvalue weighted by molar-refractivity contribution is -0.189. The van der Waals surface area contributed by atoms with Gasteiger partial charge in [-0.25, -0.2) is 0 Å². The molecule has 96 valence electrons. The normalized spacial score (nSPS) is 23.2. The fourth-order valence-electron chi connectivity index (χ4n) is 2.06. The van der Waals surface area contributed by atoms with Crippen molar-refractivity contribution in [1.29, 1.82) is 0 Å². The Bertz CT molecular complexity index is 158. The molecule has 0 aromatic rings. The van der Waals surface area contributed by atoms with Crippen molar-refractivity contribution in [1.82, 2.24) is 0 Å². The third kappa shape index (κ3) is 6.40. The average Bonchev–Trinajstić information content (AvgIpc) is 2.31. The minimum absolute atomic E-state index is 0.0864. The molecule has 2 nitrogen and oxygen atoms in total. The standard InChI is InChI=1S/C13H25IO2/c1-2-3-4-7-12(9-10-14)16-13-8-5-6-11-15-13/h12-13H,2-11H2,1H3. The second-order valence-corrected chi connectivity index (χ2v) is 5.61. The van der Waals surface area contributed by atoms with Crippen molar-refractivity contribution in [2.24, 2.45) is 0 Å². The predicted molar refractivity (Wildman–Crippen MR) is 76.1 cm³/mol. The monoisotopic (exact) mass is 340 g/mol. The molecule has 0 spiro atoms. The van der Waals surface area contributed by atoms with Gasteiger partial charge in [0, 0.05) is 11.0 Å². The van der Waals surface area contributed by atoms with Gasteiger partial charge in [-0.05, 0) is 32.1 Å². The Morgan fingerprint density at radius 3 is 2.81 bits per heavy atom. The van der Waals surface area contributed by atoms with E-state index >= 15 is 0 Å². The Morgan fingerprint density at radius 1 is 1.31 bits per heavy atom. The van der Waals surface area contributed by atoms with Crippen molar-refractivity contribution in [2.75, 3.05) is 11.0 Å². The quantitative estimate of drug-likeness (QED) is 0.373. The molecule has 0 radical (unpaired) electrons. The first-order valence-corrected chi connectivity index (χ1v) is 8.22. The molecule has 0 aliphatic carbocycles. The van der Waals surface area contributed by atoms with Crippen molar-refractivity contribution in [3.63, 3.8) is 0 Å². The molecule has 0 N–H and O–H groups in total. The van der Waals surface area contributed by atoms with Crippen LogP contribution in [-0.4, -0.2) is 23.4 Å². The lowest BCUT2D eigenvalue weighted by atomic mass is 10.1. The number of alkyl halides is 1. The minimum atomic E-state index is 0.0864. The van der Waals surface area contributed by atoms with Crippen LogP contribution >= 0.6 is 22.6 Å². The number of hydrogen-bond donors (Lipinski definition) is 0. The van der Waals surface area contributed by atoms with Gasteiger partial charge < -0.3 is 9.47 Å². The molecule has 0 bridgehead atoms. The van der Waals surface area contributed by atoms with Crippen LogP contribution in [0.25, 0.3) is 0 Å². The molecule has 2 atom stereocenters. The minimum Gasteiger partial charge on any atom is -0.353 e. The molecule has 1 aliphatic rings. The Morgan fingerprint density at radius 2 is 2.19 bits per heavy atom. The van der Waals surface area contributed by atoms with Crippen LogP contribution in [0.15, 0.2) is 0 Å². The molecule has 1 heterocycles. The number of halogens is 1. The topological polar surface area (TPSA) is 18.5 Å². The van der Waals surface area contributed by atoms with Crippen LogP contribution in [0.3, 0.4) is 0 Å². The molecule has 0 saturated carbocycles. The van der Waals surface area contributed by atoms with Crippen LogP contribution < -0.4 is 0 Å². The zero-order chi connectivity index (χ0) is 11.6. The molecule has 1 saturated heterocycles. The molecular formula is C13H25IO2. The summed E-state index contributed by atoms with van der Waals surface area (Å²) in [4.78, 5) is 0. The lowest BCUT2D eigenvalue weighted by Crippen LogP contribution is -2.28. The highest BCUT2D eigenvalue weighted by Crippen LogP contribution is 2.20. The fourth-order valence-corrected chi connectivity index (χ4v) is 2.75. The van der Waals surface area contributed by atoms with E-state index in [0.29, 0.717) is 6.10 Å². The van der Waals surface area contributed by atoms with Crippen molar-refractivity contribution < 1.29 is 9.47 Å². The van der Waals surface area contributed by atoms with E-state index in [4.69, 9.17) is 9.47 Å². The molecule has 0 amide bonds.